The summed E-state index contributed by atoms with van der Waals surface area (Å²) in [5.74, 6) is 0.378. The second-order valence-electron chi connectivity index (χ2n) is 13.7. The van der Waals surface area contributed by atoms with Crippen molar-refractivity contribution in [1.29, 1.82) is 0 Å². The van der Waals surface area contributed by atoms with Crippen LogP contribution < -0.4 is 10.9 Å². The number of carbonyl (C=O) groups is 1. The van der Waals surface area contributed by atoms with E-state index in [2.05, 4.69) is 56.9 Å². The third kappa shape index (κ3) is 6.07. The number of likely N-dealkylation sites (tertiary alicyclic amines) is 1. The van der Waals surface area contributed by atoms with Crippen LogP contribution in [0.25, 0.3) is 22.0 Å². The van der Waals surface area contributed by atoms with Crippen molar-refractivity contribution in [2.45, 2.75) is 95.0 Å². The molecule has 1 atom stereocenters. The normalized spacial score (nSPS) is 21.4. The van der Waals surface area contributed by atoms with Gasteiger partial charge in [-0.1, -0.05) is 6.07 Å². The second-order valence-corrected chi connectivity index (χ2v) is 14.5. The van der Waals surface area contributed by atoms with E-state index in [1.54, 1.807) is 4.68 Å². The van der Waals surface area contributed by atoms with Gasteiger partial charge in [-0.05, 0) is 95.2 Å². The molecule has 0 radical (unpaired) electrons. The fourth-order valence-electron chi connectivity index (χ4n) is 7.79. The van der Waals surface area contributed by atoms with Gasteiger partial charge >= 0.3 is 0 Å². The molecule has 4 heterocycles. The lowest BCUT2D eigenvalue weighted by molar-refractivity contribution is -0.0864. The van der Waals surface area contributed by atoms with Crippen LogP contribution in [0.1, 0.15) is 78.8 Å². The molecule has 46 heavy (non-hydrogen) atoms. The van der Waals surface area contributed by atoms with Gasteiger partial charge in [-0.3, -0.25) is 19.2 Å². The Kier molecular flexibility index (Phi) is 8.63. The minimum absolute atomic E-state index is 0.156. The number of carbonyl (C=O) groups excluding carboxylic acids is 1. The zero-order valence-electron chi connectivity index (χ0n) is 27.6. The fraction of sp³-hybridized carbons (Fsp3) is 0.528. The SMILES string of the molecule is CSc1cc(C)[nH]c(=O)c1CNC(=O)c1c(C)n([C@H](C)C2CCC(N3CC(OC4CC4)C3)CC2)c2ccc(-c3cnn(C)c3)cc12. The van der Waals surface area contributed by atoms with Gasteiger partial charge in [0.1, 0.15) is 0 Å². The molecule has 4 aromatic rings. The number of aromatic amines is 1. The van der Waals surface area contributed by atoms with Crippen LogP contribution >= 0.6 is 11.8 Å². The first kappa shape index (κ1) is 31.3. The van der Waals surface area contributed by atoms with Crippen LogP contribution in [0.15, 0.2) is 46.3 Å². The fourth-order valence-corrected chi connectivity index (χ4v) is 8.49. The van der Waals surface area contributed by atoms with Crippen molar-refractivity contribution in [1.82, 2.24) is 29.5 Å². The van der Waals surface area contributed by atoms with E-state index < -0.39 is 0 Å². The molecule has 0 unspecified atom stereocenters. The molecular formula is C36H46N6O3S. The van der Waals surface area contributed by atoms with Gasteiger partial charge in [-0.2, -0.15) is 5.10 Å². The lowest BCUT2D eigenvalue weighted by Gasteiger charge is -2.47. The summed E-state index contributed by atoms with van der Waals surface area (Å²) in [6.45, 7) is 8.63. The zero-order chi connectivity index (χ0) is 32.1. The molecule has 2 N–H and O–H groups in total. The minimum Gasteiger partial charge on any atom is -0.372 e. The summed E-state index contributed by atoms with van der Waals surface area (Å²) in [5.41, 5.74) is 6.00. The van der Waals surface area contributed by atoms with Gasteiger partial charge in [-0.25, -0.2) is 0 Å². The number of hydrogen-bond acceptors (Lipinski definition) is 6. The standard InChI is InChI=1S/C36H46N6O3S/c1-21-14-33(46-5)31(35(43)39-21)17-37-36(44)34-23(3)42(32-13-8-25(15-30(32)34)26-16-38-40(4)18-26)22(2)24-6-9-27(10-7-24)41-19-29(20-41)45-28-11-12-28/h8,13-16,18,22,24,27-29H,6-7,9-12,17,19-20H2,1-5H3,(H,37,44)(H,39,43)/t22-,24?,27?/m1/s1. The molecule has 3 aliphatic rings. The Morgan fingerprint density at radius 1 is 1.09 bits per heavy atom. The first-order valence-corrected chi connectivity index (χ1v) is 18.0. The maximum absolute atomic E-state index is 14.1. The number of thioether (sulfide) groups is 1. The topological polar surface area (TPSA) is 97.2 Å². The molecule has 7 rings (SSSR count). The number of ether oxygens (including phenoxy) is 1. The molecule has 1 aromatic carbocycles. The van der Waals surface area contributed by atoms with Gasteiger partial charge in [0.2, 0.25) is 0 Å². The number of hydrogen-bond donors (Lipinski definition) is 2. The Bertz CT molecular complexity index is 1810. The second kappa shape index (κ2) is 12.7. The zero-order valence-corrected chi connectivity index (χ0v) is 28.5. The molecule has 1 saturated heterocycles. The first-order valence-electron chi connectivity index (χ1n) is 16.8. The summed E-state index contributed by atoms with van der Waals surface area (Å²) >= 11 is 1.52. The highest BCUT2D eigenvalue weighted by molar-refractivity contribution is 7.98. The van der Waals surface area contributed by atoms with E-state index >= 15 is 0 Å². The van der Waals surface area contributed by atoms with E-state index in [0.717, 1.165) is 51.4 Å². The number of nitrogens with zero attached hydrogens (tertiary/aromatic N) is 4. The maximum atomic E-state index is 14.1. The molecule has 244 valence electrons. The number of rotatable bonds is 10. The van der Waals surface area contributed by atoms with Crippen LogP contribution in [-0.2, 0) is 18.3 Å². The van der Waals surface area contributed by atoms with E-state index in [9.17, 15) is 9.59 Å². The van der Waals surface area contributed by atoms with Gasteiger partial charge in [0.15, 0.2) is 0 Å². The third-order valence-corrected chi connectivity index (χ3v) is 11.3. The summed E-state index contributed by atoms with van der Waals surface area (Å²) in [4.78, 5) is 33.3. The number of pyridine rings is 1. The van der Waals surface area contributed by atoms with Crippen molar-refractivity contribution >= 4 is 28.6 Å². The molecule has 2 saturated carbocycles. The summed E-state index contributed by atoms with van der Waals surface area (Å²) < 4.78 is 10.3. The highest BCUT2D eigenvalue weighted by Crippen LogP contribution is 2.41. The monoisotopic (exact) mass is 642 g/mol. The van der Waals surface area contributed by atoms with Crippen molar-refractivity contribution in [3.8, 4) is 11.1 Å². The molecule has 3 fully saturated rings. The van der Waals surface area contributed by atoms with Gasteiger partial charge in [0.05, 0.1) is 24.0 Å². The van der Waals surface area contributed by atoms with Crippen molar-refractivity contribution in [2.24, 2.45) is 13.0 Å². The van der Waals surface area contributed by atoms with Gasteiger partial charge in [-0.15, -0.1) is 11.8 Å². The number of benzene rings is 1. The van der Waals surface area contributed by atoms with Crippen molar-refractivity contribution in [3.63, 3.8) is 0 Å². The lowest BCUT2D eigenvalue weighted by Crippen LogP contribution is -2.57. The van der Waals surface area contributed by atoms with Gasteiger partial charge < -0.3 is 19.6 Å². The van der Waals surface area contributed by atoms with E-state index in [-0.39, 0.29) is 24.1 Å². The van der Waals surface area contributed by atoms with Gasteiger partial charge in [0.25, 0.3) is 11.5 Å². The number of fused-ring (bicyclic) bond motifs is 1. The van der Waals surface area contributed by atoms with Crippen LogP contribution in [0.2, 0.25) is 0 Å². The van der Waals surface area contributed by atoms with Crippen molar-refractivity contribution in [2.75, 3.05) is 19.3 Å². The number of aryl methyl sites for hydroxylation is 2. The highest BCUT2D eigenvalue weighted by atomic mass is 32.2. The Hall–Kier alpha value is -3.34. The number of H-pyrrole nitrogens is 1. The Balaban J connectivity index is 1.14. The average molecular weight is 643 g/mol. The Labute approximate surface area is 275 Å². The average Bonchev–Trinajstić information content (AvgIpc) is 3.66. The summed E-state index contributed by atoms with van der Waals surface area (Å²) in [6.07, 6.45) is 14.1. The molecular weight excluding hydrogens is 597 g/mol. The maximum Gasteiger partial charge on any atom is 0.254 e. The van der Waals surface area contributed by atoms with E-state index in [1.165, 1.54) is 50.3 Å². The quantitative estimate of drug-likeness (QED) is 0.207. The number of amides is 1. The van der Waals surface area contributed by atoms with Crippen molar-refractivity contribution < 1.29 is 9.53 Å². The molecule has 9 nitrogen and oxygen atoms in total. The number of aromatic nitrogens is 4. The summed E-state index contributed by atoms with van der Waals surface area (Å²) in [6, 6.07) is 9.30. The minimum atomic E-state index is -0.159. The Morgan fingerprint density at radius 3 is 2.52 bits per heavy atom. The molecule has 10 heteroatoms. The van der Waals surface area contributed by atoms with Crippen LogP contribution in [0.3, 0.4) is 0 Å². The molecule has 1 amide bonds. The van der Waals surface area contributed by atoms with Gasteiger partial charge in [0, 0.05) is 83.3 Å². The molecule has 0 bridgehead atoms. The predicted molar refractivity (Wildman–Crippen MR) is 184 cm³/mol. The van der Waals surface area contributed by atoms with Crippen LogP contribution in [0.5, 0.6) is 0 Å². The smallest absolute Gasteiger partial charge is 0.254 e. The predicted octanol–water partition coefficient (Wildman–Crippen LogP) is 5.98. The molecule has 0 spiro atoms. The van der Waals surface area contributed by atoms with Crippen LogP contribution in [0.4, 0.5) is 0 Å². The highest BCUT2D eigenvalue weighted by Gasteiger charge is 2.39. The summed E-state index contributed by atoms with van der Waals surface area (Å²) in [7, 11) is 1.91. The first-order chi connectivity index (χ1) is 22.2. The number of nitrogens with one attached hydrogen (secondary N) is 2. The van der Waals surface area contributed by atoms with Crippen LogP contribution in [0, 0.1) is 19.8 Å². The molecule has 3 aromatic heterocycles. The third-order valence-electron chi connectivity index (χ3n) is 10.5. The van der Waals surface area contributed by atoms with E-state index in [0.29, 0.717) is 35.3 Å². The Morgan fingerprint density at radius 2 is 1.85 bits per heavy atom. The van der Waals surface area contributed by atoms with Crippen LogP contribution in [-0.4, -0.2) is 67.7 Å². The van der Waals surface area contributed by atoms with E-state index in [1.807, 2.05) is 38.7 Å². The molecule has 1 aliphatic heterocycles. The lowest BCUT2D eigenvalue weighted by atomic mass is 9.80. The van der Waals surface area contributed by atoms with E-state index in [4.69, 9.17) is 4.74 Å². The van der Waals surface area contributed by atoms with Crippen molar-refractivity contribution in [3.05, 3.63) is 69.5 Å². The largest absolute Gasteiger partial charge is 0.372 e. The molecule has 2 aliphatic carbocycles. The summed E-state index contributed by atoms with van der Waals surface area (Å²) in [5, 5.41) is 8.42.